The first-order chi connectivity index (χ1) is 8.18. The smallest absolute Gasteiger partial charge is 0.169 e. The van der Waals surface area contributed by atoms with E-state index < -0.39 is 0 Å². The van der Waals surface area contributed by atoms with Gasteiger partial charge in [-0.3, -0.25) is 0 Å². The summed E-state index contributed by atoms with van der Waals surface area (Å²) in [5, 5.41) is 17.0. The van der Waals surface area contributed by atoms with E-state index in [4.69, 9.17) is 10.00 Å². The molecule has 5 nitrogen and oxygen atoms in total. The Hall–Kier alpha value is -1.67. The molecule has 2 rings (SSSR count). The third-order valence-electron chi connectivity index (χ3n) is 3.27. The van der Waals surface area contributed by atoms with Gasteiger partial charge in [-0.05, 0) is 25.8 Å². The molecule has 0 amide bonds. The van der Waals surface area contributed by atoms with Crippen LogP contribution in [0.3, 0.4) is 0 Å². The Labute approximate surface area is 101 Å². The lowest BCUT2D eigenvalue weighted by Crippen LogP contribution is -2.48. The molecule has 1 aliphatic heterocycles. The minimum atomic E-state index is -0.164. The van der Waals surface area contributed by atoms with Crippen LogP contribution in [0.15, 0.2) is 12.3 Å². The average Bonchev–Trinajstić information content (AvgIpc) is 2.39. The van der Waals surface area contributed by atoms with E-state index in [1.54, 1.807) is 19.4 Å². The van der Waals surface area contributed by atoms with Crippen LogP contribution in [0.2, 0.25) is 0 Å². The summed E-state index contributed by atoms with van der Waals surface area (Å²) in [7, 11) is 1.73. The van der Waals surface area contributed by atoms with Gasteiger partial charge in [0.2, 0.25) is 0 Å². The van der Waals surface area contributed by atoms with Crippen LogP contribution in [0.5, 0.6) is 0 Å². The lowest BCUT2D eigenvalue weighted by atomic mass is 9.94. The number of methoxy groups -OCH3 is 1. The van der Waals surface area contributed by atoms with Gasteiger partial charge < -0.3 is 9.64 Å². The number of hydrogen-bond donors (Lipinski definition) is 0. The van der Waals surface area contributed by atoms with Gasteiger partial charge in [-0.25, -0.2) is 0 Å². The number of piperidine rings is 1. The Morgan fingerprint density at radius 2 is 2.41 bits per heavy atom. The van der Waals surface area contributed by atoms with E-state index in [0.29, 0.717) is 11.4 Å². The van der Waals surface area contributed by atoms with E-state index in [1.807, 2.05) is 0 Å². The molecular weight excluding hydrogens is 216 g/mol. The number of rotatable bonds is 2. The highest BCUT2D eigenvalue weighted by Crippen LogP contribution is 2.28. The highest BCUT2D eigenvalue weighted by molar-refractivity contribution is 5.53. The Morgan fingerprint density at radius 3 is 3.12 bits per heavy atom. The van der Waals surface area contributed by atoms with E-state index in [1.165, 1.54) is 0 Å². The number of anilines is 1. The molecule has 0 N–H and O–H groups in total. The molecule has 0 aromatic carbocycles. The summed E-state index contributed by atoms with van der Waals surface area (Å²) >= 11 is 0. The number of hydrogen-bond acceptors (Lipinski definition) is 5. The second kappa shape index (κ2) is 4.68. The summed E-state index contributed by atoms with van der Waals surface area (Å²) < 4.78 is 5.53. The lowest BCUT2D eigenvalue weighted by molar-refractivity contribution is -0.00485. The van der Waals surface area contributed by atoms with Crippen LogP contribution >= 0.6 is 0 Å². The molecule has 1 aromatic rings. The minimum absolute atomic E-state index is 0.164. The van der Waals surface area contributed by atoms with Gasteiger partial charge in [0.25, 0.3) is 0 Å². The molecule has 0 aliphatic carbocycles. The summed E-state index contributed by atoms with van der Waals surface area (Å²) in [5.74, 6) is 0.665. The van der Waals surface area contributed by atoms with Gasteiger partial charge in [0.1, 0.15) is 6.07 Å². The summed E-state index contributed by atoms with van der Waals surface area (Å²) in [5.41, 5.74) is 0.406. The van der Waals surface area contributed by atoms with Gasteiger partial charge >= 0.3 is 0 Å². The zero-order chi connectivity index (χ0) is 12.3. The van der Waals surface area contributed by atoms with Gasteiger partial charge in [-0.15, -0.1) is 5.10 Å². The summed E-state index contributed by atoms with van der Waals surface area (Å²) in [4.78, 5) is 2.08. The van der Waals surface area contributed by atoms with E-state index in [9.17, 15) is 0 Å². The zero-order valence-corrected chi connectivity index (χ0v) is 10.2. The van der Waals surface area contributed by atoms with E-state index >= 15 is 0 Å². The van der Waals surface area contributed by atoms with Crippen molar-refractivity contribution in [1.29, 1.82) is 5.26 Å². The molecular formula is C12H16N4O. The quantitative estimate of drug-likeness (QED) is 0.770. The highest BCUT2D eigenvalue weighted by atomic mass is 16.5. The van der Waals surface area contributed by atoms with Crippen LogP contribution in [0, 0.1) is 11.3 Å². The standard InChI is InChI=1S/C12H16N4O/c1-12(17-2)5-3-7-16(9-12)11-10(8-13)4-6-14-15-11/h4,6H,3,5,7,9H2,1-2H3. The zero-order valence-electron chi connectivity index (χ0n) is 10.2. The fraction of sp³-hybridized carbons (Fsp3) is 0.583. The second-order valence-corrected chi connectivity index (χ2v) is 4.56. The molecule has 0 spiro atoms. The van der Waals surface area contributed by atoms with Gasteiger partial charge in [-0.1, -0.05) is 0 Å². The van der Waals surface area contributed by atoms with Crippen molar-refractivity contribution in [1.82, 2.24) is 10.2 Å². The number of nitriles is 1. The number of nitrogens with zero attached hydrogens (tertiary/aromatic N) is 4. The van der Waals surface area contributed by atoms with Crippen molar-refractivity contribution in [3.63, 3.8) is 0 Å². The number of aromatic nitrogens is 2. The molecule has 5 heteroatoms. The highest BCUT2D eigenvalue weighted by Gasteiger charge is 2.32. The number of ether oxygens (including phenoxy) is 1. The van der Waals surface area contributed by atoms with Crippen molar-refractivity contribution in [2.45, 2.75) is 25.4 Å². The first-order valence-electron chi connectivity index (χ1n) is 5.70. The molecule has 2 heterocycles. The molecule has 1 aromatic heterocycles. The van der Waals surface area contributed by atoms with Crippen LogP contribution < -0.4 is 4.90 Å². The van der Waals surface area contributed by atoms with Gasteiger partial charge in [-0.2, -0.15) is 10.4 Å². The van der Waals surface area contributed by atoms with Gasteiger partial charge in [0, 0.05) is 20.2 Å². The van der Waals surface area contributed by atoms with E-state index in [-0.39, 0.29) is 5.60 Å². The maximum Gasteiger partial charge on any atom is 0.169 e. The van der Waals surface area contributed by atoms with Crippen molar-refractivity contribution in [3.05, 3.63) is 17.8 Å². The third-order valence-corrected chi connectivity index (χ3v) is 3.27. The van der Waals surface area contributed by atoms with Crippen LogP contribution in [-0.4, -0.2) is 36.0 Å². The van der Waals surface area contributed by atoms with Crippen molar-refractivity contribution in [3.8, 4) is 6.07 Å². The van der Waals surface area contributed by atoms with Crippen molar-refractivity contribution >= 4 is 5.82 Å². The average molecular weight is 232 g/mol. The molecule has 0 radical (unpaired) electrons. The maximum absolute atomic E-state index is 9.06. The molecule has 1 fully saturated rings. The van der Waals surface area contributed by atoms with Crippen molar-refractivity contribution < 1.29 is 4.74 Å². The Kier molecular flexibility index (Phi) is 3.25. The monoisotopic (exact) mass is 232 g/mol. The minimum Gasteiger partial charge on any atom is -0.377 e. The van der Waals surface area contributed by atoms with Crippen LogP contribution in [0.25, 0.3) is 0 Å². The summed E-state index contributed by atoms with van der Waals surface area (Å²) in [6.07, 6.45) is 3.61. The molecule has 1 unspecified atom stereocenters. The Balaban J connectivity index is 2.26. The molecule has 1 atom stereocenters. The molecule has 17 heavy (non-hydrogen) atoms. The molecule has 90 valence electrons. The fourth-order valence-electron chi connectivity index (χ4n) is 2.20. The Morgan fingerprint density at radius 1 is 1.59 bits per heavy atom. The van der Waals surface area contributed by atoms with E-state index in [0.717, 1.165) is 25.9 Å². The first kappa shape index (κ1) is 11.8. The third kappa shape index (κ3) is 2.37. The second-order valence-electron chi connectivity index (χ2n) is 4.56. The predicted molar refractivity (Wildman–Crippen MR) is 63.6 cm³/mol. The lowest BCUT2D eigenvalue weighted by Gasteiger charge is -2.40. The predicted octanol–water partition coefficient (Wildman–Crippen LogP) is 1.35. The molecule has 1 saturated heterocycles. The summed E-state index contributed by atoms with van der Waals surface area (Å²) in [6, 6.07) is 3.85. The molecule has 1 aliphatic rings. The van der Waals surface area contributed by atoms with Crippen molar-refractivity contribution in [2.24, 2.45) is 0 Å². The fourth-order valence-corrected chi connectivity index (χ4v) is 2.20. The molecule has 0 bridgehead atoms. The van der Waals surface area contributed by atoms with Crippen molar-refractivity contribution in [2.75, 3.05) is 25.1 Å². The van der Waals surface area contributed by atoms with E-state index in [2.05, 4.69) is 28.1 Å². The van der Waals surface area contributed by atoms with Gasteiger partial charge in [0.05, 0.1) is 17.4 Å². The first-order valence-corrected chi connectivity index (χ1v) is 5.70. The topological polar surface area (TPSA) is 62.0 Å². The largest absolute Gasteiger partial charge is 0.377 e. The van der Waals surface area contributed by atoms with Crippen LogP contribution in [0.4, 0.5) is 5.82 Å². The SMILES string of the molecule is COC1(C)CCCN(c2nnccc2C#N)C1. The molecule has 0 saturated carbocycles. The summed E-state index contributed by atoms with van der Waals surface area (Å²) in [6.45, 7) is 3.73. The van der Waals surface area contributed by atoms with Crippen LogP contribution in [-0.2, 0) is 4.74 Å². The Bertz CT molecular complexity index is 442. The van der Waals surface area contributed by atoms with Crippen LogP contribution in [0.1, 0.15) is 25.3 Å². The van der Waals surface area contributed by atoms with Gasteiger partial charge in [0.15, 0.2) is 5.82 Å². The maximum atomic E-state index is 9.06. The normalized spacial score (nSPS) is 24.4.